The Morgan fingerprint density at radius 3 is 2.20 bits per heavy atom. The van der Waals surface area contributed by atoms with Crippen LogP contribution >= 0.6 is 0 Å². The van der Waals surface area contributed by atoms with Crippen molar-refractivity contribution in [2.75, 3.05) is 6.54 Å². The van der Waals surface area contributed by atoms with Crippen molar-refractivity contribution in [3.63, 3.8) is 0 Å². The zero-order chi connectivity index (χ0) is 14.4. The minimum atomic E-state index is 0.286. The number of hydrogen-bond acceptors (Lipinski definition) is 2. The second-order valence-electron chi connectivity index (χ2n) is 5.18. The van der Waals surface area contributed by atoms with Gasteiger partial charge < -0.3 is 5.32 Å². The fourth-order valence-corrected chi connectivity index (χ4v) is 2.22. The van der Waals surface area contributed by atoms with E-state index >= 15 is 0 Å². The molecule has 2 aromatic rings. The van der Waals surface area contributed by atoms with Gasteiger partial charge in [0.15, 0.2) is 0 Å². The van der Waals surface area contributed by atoms with Gasteiger partial charge >= 0.3 is 0 Å². The van der Waals surface area contributed by atoms with Gasteiger partial charge in [0.05, 0.1) is 11.6 Å². The number of rotatable bonds is 5. The van der Waals surface area contributed by atoms with Gasteiger partial charge in [-0.2, -0.15) is 5.26 Å². The zero-order valence-electron chi connectivity index (χ0n) is 12.0. The number of benzene rings is 2. The maximum atomic E-state index is 8.80. The highest BCUT2D eigenvalue weighted by Gasteiger charge is 2.09. The molecule has 0 aliphatic rings. The Labute approximate surface area is 121 Å². The summed E-state index contributed by atoms with van der Waals surface area (Å²) in [6.07, 6.45) is 0. The lowest BCUT2D eigenvalue weighted by Crippen LogP contribution is -2.23. The van der Waals surface area contributed by atoms with Crippen molar-refractivity contribution in [1.82, 2.24) is 5.32 Å². The molecule has 2 unspecified atom stereocenters. The Bertz CT molecular complexity index is 567. The third-order valence-corrected chi connectivity index (χ3v) is 3.64. The minimum absolute atomic E-state index is 0.286. The van der Waals surface area contributed by atoms with Crippen molar-refractivity contribution in [3.8, 4) is 6.07 Å². The molecule has 0 saturated carbocycles. The molecular weight excluding hydrogens is 244 g/mol. The molecule has 2 aromatic carbocycles. The number of nitriles is 1. The van der Waals surface area contributed by atoms with E-state index in [0.717, 1.165) is 6.54 Å². The average molecular weight is 264 g/mol. The van der Waals surface area contributed by atoms with Crippen molar-refractivity contribution in [2.24, 2.45) is 0 Å². The van der Waals surface area contributed by atoms with E-state index in [0.29, 0.717) is 11.5 Å². The first-order chi connectivity index (χ1) is 9.70. The largest absolute Gasteiger partial charge is 0.310 e. The predicted octanol–water partition coefficient (Wildman–Crippen LogP) is 4.01. The second kappa shape index (κ2) is 6.88. The number of nitrogens with zero attached hydrogens (tertiary/aromatic N) is 1. The molecule has 2 atom stereocenters. The zero-order valence-corrected chi connectivity index (χ0v) is 12.0. The van der Waals surface area contributed by atoms with Crippen LogP contribution in [-0.4, -0.2) is 6.54 Å². The summed E-state index contributed by atoms with van der Waals surface area (Å²) >= 11 is 0. The van der Waals surface area contributed by atoms with Gasteiger partial charge in [0.2, 0.25) is 0 Å². The highest BCUT2D eigenvalue weighted by molar-refractivity contribution is 5.32. The summed E-state index contributed by atoms with van der Waals surface area (Å²) in [5, 5.41) is 12.4. The van der Waals surface area contributed by atoms with Gasteiger partial charge in [-0.3, -0.25) is 0 Å². The van der Waals surface area contributed by atoms with Gasteiger partial charge in [0.25, 0.3) is 0 Å². The molecule has 0 amide bonds. The number of hydrogen-bond donors (Lipinski definition) is 1. The molecule has 0 radical (unpaired) electrons. The van der Waals surface area contributed by atoms with Crippen LogP contribution in [0.4, 0.5) is 0 Å². The molecule has 20 heavy (non-hydrogen) atoms. The second-order valence-corrected chi connectivity index (χ2v) is 5.18. The Kier molecular flexibility index (Phi) is 4.92. The fourth-order valence-electron chi connectivity index (χ4n) is 2.22. The van der Waals surface area contributed by atoms with Crippen molar-refractivity contribution in [2.45, 2.75) is 25.8 Å². The standard InChI is InChI=1S/C18H20N2/c1-14(17-6-4-3-5-7-17)13-20-15(2)18-10-8-16(12-19)9-11-18/h3-11,14-15,20H,13H2,1-2H3. The average Bonchev–Trinajstić information content (AvgIpc) is 2.53. The van der Waals surface area contributed by atoms with E-state index in [2.05, 4.69) is 49.5 Å². The molecule has 0 spiro atoms. The minimum Gasteiger partial charge on any atom is -0.310 e. The van der Waals surface area contributed by atoms with Gasteiger partial charge in [0, 0.05) is 12.6 Å². The third kappa shape index (κ3) is 3.69. The molecular formula is C18H20N2. The maximum Gasteiger partial charge on any atom is 0.0991 e. The van der Waals surface area contributed by atoms with Crippen LogP contribution in [0.1, 0.15) is 42.5 Å². The SMILES string of the molecule is CC(CNC(C)c1ccc(C#N)cc1)c1ccccc1. The van der Waals surface area contributed by atoms with Crippen molar-refractivity contribution in [3.05, 3.63) is 71.3 Å². The molecule has 0 aliphatic carbocycles. The lowest BCUT2D eigenvalue weighted by Gasteiger charge is -2.18. The Morgan fingerprint density at radius 1 is 0.950 bits per heavy atom. The van der Waals surface area contributed by atoms with Crippen molar-refractivity contribution in [1.29, 1.82) is 5.26 Å². The third-order valence-electron chi connectivity index (χ3n) is 3.64. The van der Waals surface area contributed by atoms with E-state index in [1.165, 1.54) is 11.1 Å². The Balaban J connectivity index is 1.91. The lowest BCUT2D eigenvalue weighted by molar-refractivity contribution is 0.537. The van der Waals surface area contributed by atoms with E-state index in [1.807, 2.05) is 30.3 Å². The monoisotopic (exact) mass is 264 g/mol. The first kappa shape index (κ1) is 14.3. The van der Waals surface area contributed by atoms with Crippen LogP contribution in [0.5, 0.6) is 0 Å². The summed E-state index contributed by atoms with van der Waals surface area (Å²) in [6.45, 7) is 5.32. The van der Waals surface area contributed by atoms with Crippen molar-refractivity contribution < 1.29 is 0 Å². The van der Waals surface area contributed by atoms with E-state index in [-0.39, 0.29) is 6.04 Å². The van der Waals surface area contributed by atoms with Gasteiger partial charge in [-0.1, -0.05) is 49.4 Å². The number of nitrogens with one attached hydrogen (secondary N) is 1. The molecule has 0 fully saturated rings. The van der Waals surface area contributed by atoms with Crippen LogP contribution in [0.3, 0.4) is 0 Å². The summed E-state index contributed by atoms with van der Waals surface area (Å²) in [4.78, 5) is 0. The molecule has 2 heteroatoms. The van der Waals surface area contributed by atoms with Crippen LogP contribution < -0.4 is 5.32 Å². The molecule has 0 heterocycles. The molecule has 0 saturated heterocycles. The first-order valence-corrected chi connectivity index (χ1v) is 6.99. The smallest absolute Gasteiger partial charge is 0.0991 e. The molecule has 2 nitrogen and oxygen atoms in total. The van der Waals surface area contributed by atoms with Crippen LogP contribution in [0.15, 0.2) is 54.6 Å². The molecule has 0 aliphatic heterocycles. The summed E-state index contributed by atoms with van der Waals surface area (Å²) in [6, 6.07) is 20.7. The molecule has 2 rings (SSSR count). The van der Waals surface area contributed by atoms with E-state index in [1.54, 1.807) is 0 Å². The van der Waals surface area contributed by atoms with Gasteiger partial charge in [-0.05, 0) is 36.1 Å². The van der Waals surface area contributed by atoms with E-state index in [9.17, 15) is 0 Å². The van der Waals surface area contributed by atoms with Crippen LogP contribution in [0, 0.1) is 11.3 Å². The van der Waals surface area contributed by atoms with Gasteiger partial charge in [-0.15, -0.1) is 0 Å². The fraction of sp³-hybridized carbons (Fsp3) is 0.278. The van der Waals surface area contributed by atoms with Crippen LogP contribution in [0.2, 0.25) is 0 Å². The maximum absolute atomic E-state index is 8.80. The Hall–Kier alpha value is -2.11. The first-order valence-electron chi connectivity index (χ1n) is 6.99. The summed E-state index contributed by atoms with van der Waals surface area (Å²) in [5.41, 5.74) is 3.27. The normalized spacial score (nSPS) is 13.4. The Morgan fingerprint density at radius 2 is 1.60 bits per heavy atom. The van der Waals surface area contributed by atoms with Gasteiger partial charge in [-0.25, -0.2) is 0 Å². The molecule has 1 N–H and O–H groups in total. The highest BCUT2D eigenvalue weighted by Crippen LogP contribution is 2.17. The topological polar surface area (TPSA) is 35.8 Å². The van der Waals surface area contributed by atoms with E-state index < -0.39 is 0 Å². The van der Waals surface area contributed by atoms with Crippen molar-refractivity contribution >= 4 is 0 Å². The highest BCUT2D eigenvalue weighted by atomic mass is 14.9. The quantitative estimate of drug-likeness (QED) is 0.885. The summed E-state index contributed by atoms with van der Waals surface area (Å²) in [7, 11) is 0. The molecule has 0 bridgehead atoms. The molecule has 0 aromatic heterocycles. The van der Waals surface area contributed by atoms with Crippen LogP contribution in [-0.2, 0) is 0 Å². The predicted molar refractivity (Wildman–Crippen MR) is 82.4 cm³/mol. The van der Waals surface area contributed by atoms with Crippen LogP contribution in [0.25, 0.3) is 0 Å². The molecule has 102 valence electrons. The van der Waals surface area contributed by atoms with E-state index in [4.69, 9.17) is 5.26 Å². The summed E-state index contributed by atoms with van der Waals surface area (Å²) < 4.78 is 0. The van der Waals surface area contributed by atoms with Gasteiger partial charge in [0.1, 0.15) is 0 Å². The lowest BCUT2D eigenvalue weighted by atomic mass is 10.00. The summed E-state index contributed by atoms with van der Waals surface area (Å²) in [5.74, 6) is 0.483.